The molecular weight excluding hydrogens is 166 g/mol. The molecule has 0 heterocycles. The van der Waals surface area contributed by atoms with Crippen LogP contribution in [0.1, 0.15) is 39.5 Å². The minimum atomic E-state index is -0.675. The zero-order valence-corrected chi connectivity index (χ0v) is 8.49. The molecular formula is C10H19NO2. The van der Waals surface area contributed by atoms with Crippen LogP contribution in [0.25, 0.3) is 0 Å². The number of aliphatic carboxylic acids is 1. The molecule has 0 aromatic heterocycles. The van der Waals surface area contributed by atoms with Gasteiger partial charge >= 0.3 is 5.97 Å². The van der Waals surface area contributed by atoms with Gasteiger partial charge in [0.25, 0.3) is 0 Å². The summed E-state index contributed by atoms with van der Waals surface area (Å²) in [6.07, 6.45) is 3.74. The van der Waals surface area contributed by atoms with E-state index in [-0.39, 0.29) is 6.04 Å². The first kappa shape index (κ1) is 10.5. The molecule has 13 heavy (non-hydrogen) atoms. The number of rotatable bonds is 6. The maximum atomic E-state index is 10.6. The Bertz CT molecular complexity index is 178. The molecule has 1 fully saturated rings. The summed E-state index contributed by atoms with van der Waals surface area (Å²) < 4.78 is 0. The van der Waals surface area contributed by atoms with E-state index < -0.39 is 5.97 Å². The van der Waals surface area contributed by atoms with Crippen molar-refractivity contribution in [3.8, 4) is 0 Å². The van der Waals surface area contributed by atoms with E-state index in [1.165, 1.54) is 12.8 Å². The van der Waals surface area contributed by atoms with Gasteiger partial charge in [0.05, 0.1) is 6.42 Å². The lowest BCUT2D eigenvalue weighted by Gasteiger charge is -2.28. The lowest BCUT2D eigenvalue weighted by Crippen LogP contribution is -2.38. The van der Waals surface area contributed by atoms with E-state index in [9.17, 15) is 4.79 Å². The van der Waals surface area contributed by atoms with E-state index in [4.69, 9.17) is 5.11 Å². The summed E-state index contributed by atoms with van der Waals surface area (Å²) in [6, 6.07) is 0.921. The minimum absolute atomic E-state index is 0.245. The fourth-order valence-electron chi connectivity index (χ4n) is 1.92. The van der Waals surface area contributed by atoms with Crippen molar-refractivity contribution in [1.29, 1.82) is 0 Å². The van der Waals surface area contributed by atoms with Crippen LogP contribution < -0.4 is 0 Å². The van der Waals surface area contributed by atoms with Crippen molar-refractivity contribution in [3.63, 3.8) is 0 Å². The molecule has 0 aromatic carbocycles. The quantitative estimate of drug-likeness (QED) is 0.685. The SMILES string of the molecule is CCC(CC(=O)O)N(CC)C1CC1. The van der Waals surface area contributed by atoms with E-state index in [0.717, 1.165) is 13.0 Å². The second-order valence-electron chi connectivity index (χ2n) is 3.72. The summed E-state index contributed by atoms with van der Waals surface area (Å²) in [5, 5.41) is 8.73. The van der Waals surface area contributed by atoms with Crippen LogP contribution in [-0.4, -0.2) is 34.6 Å². The molecule has 3 heteroatoms. The third-order valence-electron chi connectivity index (χ3n) is 2.73. The summed E-state index contributed by atoms with van der Waals surface area (Å²) >= 11 is 0. The van der Waals surface area contributed by atoms with Crippen molar-refractivity contribution in [1.82, 2.24) is 4.90 Å². The molecule has 3 nitrogen and oxygen atoms in total. The summed E-state index contributed by atoms with van der Waals surface area (Å²) in [7, 11) is 0. The van der Waals surface area contributed by atoms with Crippen LogP contribution in [0.2, 0.25) is 0 Å². The predicted molar refractivity (Wildman–Crippen MR) is 51.7 cm³/mol. The van der Waals surface area contributed by atoms with E-state index in [0.29, 0.717) is 12.5 Å². The highest BCUT2D eigenvalue weighted by molar-refractivity contribution is 5.67. The molecule has 1 aliphatic carbocycles. The van der Waals surface area contributed by atoms with Gasteiger partial charge in [-0.25, -0.2) is 0 Å². The molecule has 0 spiro atoms. The largest absolute Gasteiger partial charge is 0.481 e. The maximum absolute atomic E-state index is 10.6. The molecule has 0 amide bonds. The first-order valence-corrected chi connectivity index (χ1v) is 5.16. The van der Waals surface area contributed by atoms with E-state index in [1.54, 1.807) is 0 Å². The van der Waals surface area contributed by atoms with Gasteiger partial charge < -0.3 is 5.11 Å². The van der Waals surface area contributed by atoms with Crippen LogP contribution in [0.3, 0.4) is 0 Å². The first-order valence-electron chi connectivity index (χ1n) is 5.16. The van der Waals surface area contributed by atoms with Gasteiger partial charge in [0, 0.05) is 12.1 Å². The Balaban J connectivity index is 2.45. The average molecular weight is 185 g/mol. The standard InChI is InChI=1S/C10H19NO2/c1-3-8(7-10(12)13)11(4-2)9-5-6-9/h8-9H,3-7H2,1-2H3,(H,12,13). The second-order valence-corrected chi connectivity index (χ2v) is 3.72. The van der Waals surface area contributed by atoms with Crippen LogP contribution in [-0.2, 0) is 4.79 Å². The Morgan fingerprint density at radius 2 is 2.15 bits per heavy atom. The molecule has 0 bridgehead atoms. The Morgan fingerprint density at radius 1 is 1.54 bits per heavy atom. The van der Waals surface area contributed by atoms with Crippen LogP contribution in [0.15, 0.2) is 0 Å². The molecule has 0 aromatic rings. The zero-order chi connectivity index (χ0) is 9.84. The lowest BCUT2D eigenvalue weighted by molar-refractivity contribution is -0.138. The van der Waals surface area contributed by atoms with Gasteiger partial charge in [0.2, 0.25) is 0 Å². The van der Waals surface area contributed by atoms with Crippen molar-refractivity contribution in [2.75, 3.05) is 6.54 Å². The summed E-state index contributed by atoms with van der Waals surface area (Å²) in [5.74, 6) is -0.675. The number of nitrogens with zero attached hydrogens (tertiary/aromatic N) is 1. The van der Waals surface area contributed by atoms with Gasteiger partial charge in [-0.15, -0.1) is 0 Å². The van der Waals surface area contributed by atoms with Gasteiger partial charge in [-0.2, -0.15) is 0 Å². The highest BCUT2D eigenvalue weighted by atomic mass is 16.4. The summed E-state index contributed by atoms with van der Waals surface area (Å²) in [5.41, 5.74) is 0. The monoisotopic (exact) mass is 185 g/mol. The van der Waals surface area contributed by atoms with Crippen molar-refractivity contribution in [2.45, 2.75) is 51.6 Å². The Labute approximate surface area is 79.7 Å². The van der Waals surface area contributed by atoms with Crippen LogP contribution in [0, 0.1) is 0 Å². The lowest BCUT2D eigenvalue weighted by atomic mass is 10.1. The highest BCUT2D eigenvalue weighted by Crippen LogP contribution is 2.29. The van der Waals surface area contributed by atoms with Crippen LogP contribution >= 0.6 is 0 Å². The van der Waals surface area contributed by atoms with Gasteiger partial charge in [0.1, 0.15) is 0 Å². The molecule has 1 aliphatic rings. The Hall–Kier alpha value is -0.570. The van der Waals surface area contributed by atoms with E-state index >= 15 is 0 Å². The second kappa shape index (κ2) is 4.61. The molecule has 0 radical (unpaired) electrons. The number of carboxylic acid groups (broad SMARTS) is 1. The summed E-state index contributed by atoms with van der Waals surface area (Å²) in [6.45, 7) is 5.16. The van der Waals surface area contributed by atoms with E-state index in [1.807, 2.05) is 0 Å². The van der Waals surface area contributed by atoms with Crippen LogP contribution in [0.5, 0.6) is 0 Å². The molecule has 0 aliphatic heterocycles. The molecule has 1 N–H and O–H groups in total. The van der Waals surface area contributed by atoms with Gasteiger partial charge in [-0.3, -0.25) is 9.69 Å². The molecule has 76 valence electrons. The highest BCUT2D eigenvalue weighted by Gasteiger charge is 2.32. The number of carboxylic acids is 1. The first-order chi connectivity index (χ1) is 6.19. The van der Waals surface area contributed by atoms with Crippen molar-refractivity contribution in [3.05, 3.63) is 0 Å². The minimum Gasteiger partial charge on any atom is -0.481 e. The summed E-state index contributed by atoms with van der Waals surface area (Å²) in [4.78, 5) is 12.9. The molecule has 0 saturated heterocycles. The normalized spacial score (nSPS) is 19.0. The number of carbonyl (C=O) groups is 1. The number of hydrogen-bond donors (Lipinski definition) is 1. The van der Waals surface area contributed by atoms with Crippen molar-refractivity contribution in [2.24, 2.45) is 0 Å². The Kier molecular flexibility index (Phi) is 3.72. The zero-order valence-electron chi connectivity index (χ0n) is 8.49. The predicted octanol–water partition coefficient (Wildman–Crippen LogP) is 1.72. The van der Waals surface area contributed by atoms with Gasteiger partial charge in [-0.1, -0.05) is 13.8 Å². The van der Waals surface area contributed by atoms with Crippen LogP contribution in [0.4, 0.5) is 0 Å². The third-order valence-corrected chi connectivity index (χ3v) is 2.73. The fraction of sp³-hybridized carbons (Fsp3) is 0.900. The smallest absolute Gasteiger partial charge is 0.304 e. The molecule has 1 atom stereocenters. The molecule has 1 unspecified atom stereocenters. The third kappa shape index (κ3) is 2.99. The average Bonchev–Trinajstić information content (AvgIpc) is 2.87. The van der Waals surface area contributed by atoms with Crippen molar-refractivity contribution >= 4 is 5.97 Å². The maximum Gasteiger partial charge on any atom is 0.304 e. The van der Waals surface area contributed by atoms with E-state index in [2.05, 4.69) is 18.7 Å². The van der Waals surface area contributed by atoms with Crippen molar-refractivity contribution < 1.29 is 9.90 Å². The molecule has 1 rings (SSSR count). The number of hydrogen-bond acceptors (Lipinski definition) is 2. The fourth-order valence-corrected chi connectivity index (χ4v) is 1.92. The Morgan fingerprint density at radius 3 is 2.46 bits per heavy atom. The van der Waals surface area contributed by atoms with Gasteiger partial charge in [0.15, 0.2) is 0 Å². The molecule has 1 saturated carbocycles. The topological polar surface area (TPSA) is 40.5 Å². The van der Waals surface area contributed by atoms with Gasteiger partial charge in [-0.05, 0) is 25.8 Å².